The van der Waals surface area contributed by atoms with Crippen LogP contribution < -0.4 is 14.8 Å². The molecule has 0 saturated carbocycles. The molecule has 8 heteroatoms. The van der Waals surface area contributed by atoms with E-state index in [0.29, 0.717) is 30.2 Å². The monoisotopic (exact) mass is 502 g/mol. The minimum absolute atomic E-state index is 0.253. The van der Waals surface area contributed by atoms with Crippen molar-refractivity contribution in [3.05, 3.63) is 94.4 Å². The van der Waals surface area contributed by atoms with Crippen molar-refractivity contribution in [3.8, 4) is 11.5 Å². The van der Waals surface area contributed by atoms with Gasteiger partial charge in [-0.3, -0.25) is 19.3 Å². The number of aryl methyl sites for hydroxylation is 2. The smallest absolute Gasteiger partial charge is 0.294 e. The zero-order valence-electron chi connectivity index (χ0n) is 20.0. The summed E-state index contributed by atoms with van der Waals surface area (Å²) in [4.78, 5) is 38.9. The molecule has 36 heavy (non-hydrogen) atoms. The molecule has 184 valence electrons. The number of carbonyl (C=O) groups excluding carboxylic acids is 3. The van der Waals surface area contributed by atoms with Gasteiger partial charge in [0.25, 0.3) is 11.1 Å². The van der Waals surface area contributed by atoms with Crippen LogP contribution in [0.1, 0.15) is 16.7 Å². The van der Waals surface area contributed by atoms with Gasteiger partial charge in [0, 0.05) is 5.69 Å². The molecule has 1 heterocycles. The second kappa shape index (κ2) is 11.6. The van der Waals surface area contributed by atoms with Gasteiger partial charge < -0.3 is 14.8 Å². The summed E-state index contributed by atoms with van der Waals surface area (Å²) >= 11 is 0.812. The Morgan fingerprint density at radius 3 is 2.36 bits per heavy atom. The van der Waals surface area contributed by atoms with Crippen LogP contribution in [0.15, 0.2) is 77.7 Å². The third kappa shape index (κ3) is 6.55. The van der Waals surface area contributed by atoms with Crippen LogP contribution in [-0.2, 0) is 9.59 Å². The van der Waals surface area contributed by atoms with Crippen molar-refractivity contribution in [2.24, 2.45) is 0 Å². The largest absolute Gasteiger partial charge is 0.490 e. The molecular formula is C28H26N2O5S. The minimum Gasteiger partial charge on any atom is -0.490 e. The van der Waals surface area contributed by atoms with Crippen LogP contribution in [0, 0.1) is 13.8 Å². The number of benzene rings is 3. The van der Waals surface area contributed by atoms with E-state index in [1.54, 1.807) is 24.3 Å². The number of hydrogen-bond donors (Lipinski definition) is 1. The molecule has 0 radical (unpaired) electrons. The first kappa shape index (κ1) is 25.1. The molecule has 3 amide bonds. The van der Waals surface area contributed by atoms with E-state index in [1.165, 1.54) is 0 Å². The highest BCUT2D eigenvalue weighted by atomic mass is 32.2. The van der Waals surface area contributed by atoms with Gasteiger partial charge in [0.1, 0.15) is 31.3 Å². The molecule has 0 atom stereocenters. The van der Waals surface area contributed by atoms with E-state index < -0.39 is 17.1 Å². The van der Waals surface area contributed by atoms with Crippen LogP contribution in [0.4, 0.5) is 10.5 Å². The molecule has 3 aromatic carbocycles. The fourth-order valence-electron chi connectivity index (χ4n) is 3.48. The molecule has 0 aliphatic carbocycles. The lowest BCUT2D eigenvalue weighted by atomic mass is 10.1. The number of nitrogens with one attached hydrogen (secondary N) is 1. The van der Waals surface area contributed by atoms with E-state index in [1.807, 2.05) is 68.4 Å². The van der Waals surface area contributed by atoms with Crippen LogP contribution in [0.5, 0.6) is 11.5 Å². The summed E-state index contributed by atoms with van der Waals surface area (Å²) in [6.07, 6.45) is 1.62. The Hall–Kier alpha value is -4.04. The number of ether oxygens (including phenoxy) is 2. The topological polar surface area (TPSA) is 84.9 Å². The predicted molar refractivity (Wildman–Crippen MR) is 141 cm³/mol. The average Bonchev–Trinajstić information content (AvgIpc) is 3.12. The predicted octanol–water partition coefficient (Wildman–Crippen LogP) is 5.44. The summed E-state index contributed by atoms with van der Waals surface area (Å²) in [5, 5.41) is 2.26. The van der Waals surface area contributed by atoms with Gasteiger partial charge in [0.2, 0.25) is 5.91 Å². The van der Waals surface area contributed by atoms with Crippen molar-refractivity contribution in [3.63, 3.8) is 0 Å². The molecule has 0 spiro atoms. The van der Waals surface area contributed by atoms with Crippen LogP contribution in [0.2, 0.25) is 0 Å². The Morgan fingerprint density at radius 1 is 0.889 bits per heavy atom. The number of imide groups is 1. The van der Waals surface area contributed by atoms with Crippen molar-refractivity contribution in [2.75, 3.05) is 25.1 Å². The van der Waals surface area contributed by atoms with Gasteiger partial charge in [0.15, 0.2) is 0 Å². The molecule has 0 unspecified atom stereocenters. The van der Waals surface area contributed by atoms with Crippen molar-refractivity contribution >= 4 is 40.6 Å². The molecule has 1 saturated heterocycles. The van der Waals surface area contributed by atoms with Crippen molar-refractivity contribution in [1.29, 1.82) is 0 Å². The first-order chi connectivity index (χ1) is 17.4. The lowest BCUT2D eigenvalue weighted by molar-refractivity contribution is -0.127. The lowest BCUT2D eigenvalue weighted by Crippen LogP contribution is -2.36. The van der Waals surface area contributed by atoms with Gasteiger partial charge in [-0.05, 0) is 84.8 Å². The van der Waals surface area contributed by atoms with E-state index in [-0.39, 0.29) is 11.4 Å². The maximum absolute atomic E-state index is 12.8. The van der Waals surface area contributed by atoms with E-state index in [0.717, 1.165) is 33.5 Å². The number of carbonyl (C=O) groups is 3. The third-order valence-corrected chi connectivity index (χ3v) is 6.39. The first-order valence-corrected chi connectivity index (χ1v) is 12.2. The normalized spacial score (nSPS) is 14.3. The van der Waals surface area contributed by atoms with Gasteiger partial charge in [-0.2, -0.15) is 0 Å². The van der Waals surface area contributed by atoms with E-state index >= 15 is 0 Å². The number of para-hydroxylation sites is 1. The van der Waals surface area contributed by atoms with Gasteiger partial charge in [-0.15, -0.1) is 0 Å². The summed E-state index contributed by atoms with van der Waals surface area (Å²) in [6, 6.07) is 22.2. The standard InChI is InChI=1S/C28H26N2O5S/c1-19-11-12-22(15-20(19)2)29-26(31)18-30-27(32)25(36-28(30)33)17-21-7-6-10-24(16-21)35-14-13-34-23-8-4-3-5-9-23/h3-12,15-17H,13-14,18H2,1-2H3,(H,29,31)/b25-17+. The van der Waals surface area contributed by atoms with Crippen LogP contribution in [0.25, 0.3) is 6.08 Å². The second-order valence-corrected chi connectivity index (χ2v) is 9.19. The fourth-order valence-corrected chi connectivity index (χ4v) is 4.32. The molecule has 0 bridgehead atoms. The number of nitrogens with zero attached hydrogens (tertiary/aromatic N) is 1. The average molecular weight is 503 g/mol. The molecule has 1 aliphatic heterocycles. The molecule has 1 aliphatic rings. The summed E-state index contributed by atoms with van der Waals surface area (Å²) in [6.45, 7) is 4.32. The van der Waals surface area contributed by atoms with Crippen LogP contribution in [0.3, 0.4) is 0 Å². The fraction of sp³-hybridized carbons (Fsp3) is 0.179. The van der Waals surface area contributed by atoms with E-state index in [9.17, 15) is 14.4 Å². The highest BCUT2D eigenvalue weighted by molar-refractivity contribution is 8.18. The maximum atomic E-state index is 12.8. The highest BCUT2D eigenvalue weighted by Gasteiger charge is 2.36. The maximum Gasteiger partial charge on any atom is 0.294 e. The molecule has 4 rings (SSSR count). The van der Waals surface area contributed by atoms with Gasteiger partial charge >= 0.3 is 0 Å². The zero-order chi connectivity index (χ0) is 25.5. The number of hydrogen-bond acceptors (Lipinski definition) is 6. The molecule has 1 N–H and O–H groups in total. The lowest BCUT2D eigenvalue weighted by Gasteiger charge is -2.13. The quantitative estimate of drug-likeness (QED) is 0.310. The van der Waals surface area contributed by atoms with Crippen LogP contribution >= 0.6 is 11.8 Å². The van der Waals surface area contributed by atoms with E-state index in [2.05, 4.69) is 5.32 Å². The molecule has 0 aromatic heterocycles. The van der Waals surface area contributed by atoms with Gasteiger partial charge in [-0.1, -0.05) is 36.4 Å². The Morgan fingerprint density at radius 2 is 1.61 bits per heavy atom. The van der Waals surface area contributed by atoms with Crippen molar-refractivity contribution in [1.82, 2.24) is 4.90 Å². The number of thioether (sulfide) groups is 1. The third-order valence-electron chi connectivity index (χ3n) is 5.49. The first-order valence-electron chi connectivity index (χ1n) is 11.4. The second-order valence-electron chi connectivity index (χ2n) is 8.20. The van der Waals surface area contributed by atoms with E-state index in [4.69, 9.17) is 9.47 Å². The van der Waals surface area contributed by atoms with Crippen molar-refractivity contribution < 1.29 is 23.9 Å². The van der Waals surface area contributed by atoms with Crippen molar-refractivity contribution in [2.45, 2.75) is 13.8 Å². The number of rotatable bonds is 9. The SMILES string of the molecule is Cc1ccc(NC(=O)CN2C(=O)S/C(=C/c3cccc(OCCOc4ccccc4)c3)C2=O)cc1C. The Kier molecular flexibility index (Phi) is 8.07. The number of amides is 3. The highest BCUT2D eigenvalue weighted by Crippen LogP contribution is 2.32. The number of anilines is 1. The Labute approximate surface area is 214 Å². The summed E-state index contributed by atoms with van der Waals surface area (Å²) in [7, 11) is 0. The van der Waals surface area contributed by atoms with Gasteiger partial charge in [0.05, 0.1) is 4.91 Å². The zero-order valence-corrected chi connectivity index (χ0v) is 20.8. The summed E-state index contributed by atoms with van der Waals surface area (Å²) in [5.74, 6) is 0.457. The molecule has 3 aromatic rings. The molecule has 1 fully saturated rings. The molecule has 7 nitrogen and oxygen atoms in total. The molecular weight excluding hydrogens is 476 g/mol. The minimum atomic E-state index is -0.497. The summed E-state index contributed by atoms with van der Waals surface area (Å²) < 4.78 is 11.4. The Balaban J connectivity index is 1.33. The van der Waals surface area contributed by atoms with Gasteiger partial charge in [-0.25, -0.2) is 0 Å². The Bertz CT molecular complexity index is 1310. The summed E-state index contributed by atoms with van der Waals surface area (Å²) in [5.41, 5.74) is 3.48. The van der Waals surface area contributed by atoms with Crippen LogP contribution in [-0.4, -0.2) is 41.7 Å².